The number of hydrogen-bond acceptors (Lipinski definition) is 4. The van der Waals surface area contributed by atoms with Crippen LogP contribution in [0.25, 0.3) is 0 Å². The number of carbonyl (C=O) groups excluding carboxylic acids is 1. The minimum atomic E-state index is -0.642. The number of carbonyl (C=O) groups is 1. The van der Waals surface area contributed by atoms with Crippen LogP contribution in [0.4, 0.5) is 0 Å². The van der Waals surface area contributed by atoms with Crippen molar-refractivity contribution < 1.29 is 9.53 Å². The van der Waals surface area contributed by atoms with Gasteiger partial charge in [-0.25, -0.2) is 0 Å². The summed E-state index contributed by atoms with van der Waals surface area (Å²) in [4.78, 5) is 10.7. The maximum absolute atomic E-state index is 10.7. The molecule has 5 heteroatoms. The standard InChI is InChI=1S/C12H19N3O2/c1-17-8-10-4-2-3-9(5-10)6-15-7-11(13)12(14)16/h2-5,11,15H,6-8,13H2,1H3,(H2,14,16). The Balaban J connectivity index is 2.41. The van der Waals surface area contributed by atoms with Crippen molar-refractivity contribution in [3.63, 3.8) is 0 Å². The fourth-order valence-electron chi connectivity index (χ4n) is 1.47. The van der Waals surface area contributed by atoms with E-state index in [1.807, 2.05) is 24.3 Å². The maximum atomic E-state index is 10.7. The predicted octanol–water partition coefficient (Wildman–Crippen LogP) is -0.265. The highest BCUT2D eigenvalue weighted by atomic mass is 16.5. The number of ether oxygens (including phenoxy) is 1. The fraction of sp³-hybridized carbons (Fsp3) is 0.417. The second-order valence-electron chi connectivity index (χ2n) is 3.89. The third-order valence-electron chi connectivity index (χ3n) is 2.36. The van der Waals surface area contributed by atoms with Crippen molar-refractivity contribution in [2.45, 2.75) is 19.2 Å². The zero-order valence-corrected chi connectivity index (χ0v) is 9.98. The van der Waals surface area contributed by atoms with E-state index < -0.39 is 11.9 Å². The number of primary amides is 1. The number of nitrogens with one attached hydrogen (secondary N) is 1. The first-order valence-corrected chi connectivity index (χ1v) is 5.46. The van der Waals surface area contributed by atoms with Crippen molar-refractivity contribution >= 4 is 5.91 Å². The number of hydrogen-bond donors (Lipinski definition) is 3. The van der Waals surface area contributed by atoms with E-state index in [9.17, 15) is 4.79 Å². The Labute approximate surface area is 101 Å². The van der Waals surface area contributed by atoms with E-state index in [0.29, 0.717) is 19.7 Å². The summed E-state index contributed by atoms with van der Waals surface area (Å²) in [6.07, 6.45) is 0. The third-order valence-corrected chi connectivity index (χ3v) is 2.36. The molecule has 1 atom stereocenters. The summed E-state index contributed by atoms with van der Waals surface area (Å²) < 4.78 is 5.06. The van der Waals surface area contributed by atoms with E-state index in [1.165, 1.54) is 0 Å². The molecule has 1 amide bonds. The van der Waals surface area contributed by atoms with Crippen molar-refractivity contribution in [1.82, 2.24) is 5.32 Å². The Bertz CT molecular complexity index is 369. The maximum Gasteiger partial charge on any atom is 0.235 e. The SMILES string of the molecule is COCc1cccc(CNCC(N)C(N)=O)c1. The number of nitrogens with two attached hydrogens (primary N) is 2. The summed E-state index contributed by atoms with van der Waals surface area (Å²) in [5.74, 6) is -0.495. The normalized spacial score (nSPS) is 12.4. The highest BCUT2D eigenvalue weighted by Crippen LogP contribution is 2.05. The lowest BCUT2D eigenvalue weighted by molar-refractivity contribution is -0.119. The monoisotopic (exact) mass is 237 g/mol. The Hall–Kier alpha value is -1.43. The van der Waals surface area contributed by atoms with E-state index in [4.69, 9.17) is 16.2 Å². The van der Waals surface area contributed by atoms with Crippen LogP contribution < -0.4 is 16.8 Å². The molecular formula is C12H19N3O2. The van der Waals surface area contributed by atoms with Crippen molar-refractivity contribution in [2.24, 2.45) is 11.5 Å². The van der Waals surface area contributed by atoms with E-state index in [-0.39, 0.29) is 0 Å². The molecule has 0 heterocycles. The largest absolute Gasteiger partial charge is 0.380 e. The van der Waals surface area contributed by atoms with E-state index in [1.54, 1.807) is 7.11 Å². The molecule has 1 aromatic carbocycles. The molecule has 17 heavy (non-hydrogen) atoms. The Morgan fingerprint density at radius 1 is 1.47 bits per heavy atom. The molecular weight excluding hydrogens is 218 g/mol. The molecule has 0 aliphatic rings. The molecule has 1 unspecified atom stereocenters. The van der Waals surface area contributed by atoms with Crippen LogP contribution in [0.1, 0.15) is 11.1 Å². The predicted molar refractivity (Wildman–Crippen MR) is 66.0 cm³/mol. The van der Waals surface area contributed by atoms with Crippen LogP contribution in [0, 0.1) is 0 Å². The van der Waals surface area contributed by atoms with Gasteiger partial charge in [-0.1, -0.05) is 24.3 Å². The molecule has 0 saturated heterocycles. The topological polar surface area (TPSA) is 90.4 Å². The quantitative estimate of drug-likeness (QED) is 0.609. The van der Waals surface area contributed by atoms with Crippen molar-refractivity contribution in [1.29, 1.82) is 0 Å². The van der Waals surface area contributed by atoms with Gasteiger partial charge in [0.1, 0.15) is 0 Å². The molecule has 0 aromatic heterocycles. The Morgan fingerprint density at radius 3 is 2.82 bits per heavy atom. The van der Waals surface area contributed by atoms with Gasteiger partial charge in [0, 0.05) is 20.2 Å². The van der Waals surface area contributed by atoms with Crippen LogP contribution in [0.2, 0.25) is 0 Å². The van der Waals surface area contributed by atoms with Gasteiger partial charge in [-0.2, -0.15) is 0 Å². The van der Waals surface area contributed by atoms with Crippen LogP contribution in [0.5, 0.6) is 0 Å². The zero-order valence-electron chi connectivity index (χ0n) is 9.98. The number of amides is 1. The lowest BCUT2D eigenvalue weighted by Gasteiger charge is -2.10. The Morgan fingerprint density at radius 2 is 2.18 bits per heavy atom. The van der Waals surface area contributed by atoms with Gasteiger partial charge in [0.05, 0.1) is 12.6 Å². The van der Waals surface area contributed by atoms with Crippen LogP contribution >= 0.6 is 0 Å². The van der Waals surface area contributed by atoms with Crippen LogP contribution in [0.3, 0.4) is 0 Å². The summed E-state index contributed by atoms with van der Waals surface area (Å²) in [6.45, 7) is 1.62. The smallest absolute Gasteiger partial charge is 0.235 e. The highest BCUT2D eigenvalue weighted by Gasteiger charge is 2.07. The molecule has 0 fully saturated rings. The Kier molecular flexibility index (Phi) is 5.62. The number of benzene rings is 1. The number of methoxy groups -OCH3 is 1. The molecule has 0 aliphatic carbocycles. The average Bonchev–Trinajstić information content (AvgIpc) is 2.29. The summed E-state index contributed by atoms with van der Waals surface area (Å²) in [5.41, 5.74) is 12.8. The van der Waals surface area contributed by atoms with Crippen molar-refractivity contribution in [2.75, 3.05) is 13.7 Å². The lowest BCUT2D eigenvalue weighted by atomic mass is 10.1. The zero-order chi connectivity index (χ0) is 12.7. The minimum absolute atomic E-state index is 0.379. The van der Waals surface area contributed by atoms with Gasteiger partial charge in [0.25, 0.3) is 0 Å². The molecule has 94 valence electrons. The van der Waals surface area contributed by atoms with Crippen LogP contribution in [-0.4, -0.2) is 25.6 Å². The number of rotatable bonds is 7. The summed E-state index contributed by atoms with van der Waals surface area (Å²) in [6, 6.07) is 7.38. The third kappa shape index (κ3) is 4.95. The van der Waals surface area contributed by atoms with Gasteiger partial charge >= 0.3 is 0 Å². The first kappa shape index (κ1) is 13.6. The molecule has 0 bridgehead atoms. The molecule has 0 aliphatic heterocycles. The van der Waals surface area contributed by atoms with Crippen molar-refractivity contribution in [3.05, 3.63) is 35.4 Å². The molecule has 1 rings (SSSR count). The fourth-order valence-corrected chi connectivity index (χ4v) is 1.47. The van der Waals surface area contributed by atoms with E-state index in [0.717, 1.165) is 11.1 Å². The van der Waals surface area contributed by atoms with Gasteiger partial charge in [0.2, 0.25) is 5.91 Å². The highest BCUT2D eigenvalue weighted by molar-refractivity contribution is 5.79. The van der Waals surface area contributed by atoms with Gasteiger partial charge in [0.15, 0.2) is 0 Å². The first-order chi connectivity index (χ1) is 8.13. The first-order valence-electron chi connectivity index (χ1n) is 5.46. The summed E-state index contributed by atoms with van der Waals surface area (Å²) in [5, 5.41) is 3.09. The average molecular weight is 237 g/mol. The van der Waals surface area contributed by atoms with E-state index in [2.05, 4.69) is 5.32 Å². The molecule has 5 N–H and O–H groups in total. The molecule has 5 nitrogen and oxygen atoms in total. The van der Waals surface area contributed by atoms with Crippen LogP contribution in [0.15, 0.2) is 24.3 Å². The lowest BCUT2D eigenvalue weighted by Crippen LogP contribution is -2.44. The molecule has 0 spiro atoms. The molecule has 1 aromatic rings. The molecule has 0 saturated carbocycles. The van der Waals surface area contributed by atoms with Gasteiger partial charge in [-0.15, -0.1) is 0 Å². The van der Waals surface area contributed by atoms with Gasteiger partial charge < -0.3 is 21.5 Å². The minimum Gasteiger partial charge on any atom is -0.380 e. The summed E-state index contributed by atoms with van der Waals surface area (Å²) in [7, 11) is 1.66. The van der Waals surface area contributed by atoms with Crippen LogP contribution in [-0.2, 0) is 22.7 Å². The van der Waals surface area contributed by atoms with Gasteiger partial charge in [-0.3, -0.25) is 4.79 Å². The molecule has 0 radical (unpaired) electrons. The summed E-state index contributed by atoms with van der Waals surface area (Å²) >= 11 is 0. The second kappa shape index (κ2) is 7.01. The van der Waals surface area contributed by atoms with Gasteiger partial charge in [-0.05, 0) is 11.1 Å². The van der Waals surface area contributed by atoms with Crippen molar-refractivity contribution in [3.8, 4) is 0 Å². The van der Waals surface area contributed by atoms with E-state index >= 15 is 0 Å². The second-order valence-corrected chi connectivity index (χ2v) is 3.89.